The third-order valence-corrected chi connectivity index (χ3v) is 2.43. The lowest BCUT2D eigenvalue weighted by Gasteiger charge is -2.27. The van der Waals surface area contributed by atoms with Crippen molar-refractivity contribution in [1.29, 1.82) is 5.26 Å². The van der Waals surface area contributed by atoms with Crippen LogP contribution in [0.2, 0.25) is 0 Å². The van der Waals surface area contributed by atoms with E-state index in [-0.39, 0.29) is 5.41 Å². The number of hydrogen-bond acceptors (Lipinski definition) is 3. The fraction of sp³-hybridized carbons (Fsp3) is 0.667. The number of hydrogen-bond donors (Lipinski definition) is 0. The molecule has 1 unspecified atom stereocenters. The average Bonchev–Trinajstić information content (AvgIpc) is 2.16. The minimum Gasteiger partial charge on any atom is -0.465 e. The second-order valence-electron chi connectivity index (χ2n) is 4.13. The molecule has 0 amide bonds. The first kappa shape index (κ1) is 13.7. The van der Waals surface area contributed by atoms with Crippen LogP contribution < -0.4 is 0 Å². The number of carbonyl (C=O) groups is 1. The summed E-state index contributed by atoms with van der Waals surface area (Å²) in [5, 5.41) is 8.98. The van der Waals surface area contributed by atoms with Crippen molar-refractivity contribution in [2.24, 2.45) is 11.3 Å². The van der Waals surface area contributed by atoms with E-state index in [0.717, 1.165) is 12.8 Å². The summed E-state index contributed by atoms with van der Waals surface area (Å²) >= 11 is 0. The molecule has 0 saturated carbocycles. The molecule has 84 valence electrons. The first-order valence-electron chi connectivity index (χ1n) is 5.16. The molecular formula is C12H19NO2. The van der Waals surface area contributed by atoms with Crippen LogP contribution in [0.4, 0.5) is 0 Å². The largest absolute Gasteiger partial charge is 0.465 e. The summed E-state index contributed by atoms with van der Waals surface area (Å²) in [7, 11) is 0. The number of ether oxygens (including phenoxy) is 1. The smallest absolute Gasteiger partial charge is 0.323 e. The highest BCUT2D eigenvalue weighted by molar-refractivity contribution is 5.76. The summed E-state index contributed by atoms with van der Waals surface area (Å²) < 4.78 is 4.87. The van der Waals surface area contributed by atoms with Crippen molar-refractivity contribution >= 4 is 5.97 Å². The van der Waals surface area contributed by atoms with Gasteiger partial charge in [-0.25, -0.2) is 0 Å². The van der Waals surface area contributed by atoms with Crippen molar-refractivity contribution in [3.63, 3.8) is 0 Å². The molecule has 15 heavy (non-hydrogen) atoms. The topological polar surface area (TPSA) is 50.1 Å². The van der Waals surface area contributed by atoms with Gasteiger partial charge in [0.25, 0.3) is 0 Å². The molecule has 0 fully saturated rings. The maximum Gasteiger partial charge on any atom is 0.323 e. The normalized spacial score (nSPS) is 12.7. The van der Waals surface area contributed by atoms with Gasteiger partial charge in [-0.2, -0.15) is 5.26 Å². The van der Waals surface area contributed by atoms with Gasteiger partial charge in [-0.05, 0) is 25.2 Å². The van der Waals surface area contributed by atoms with E-state index in [0.29, 0.717) is 6.61 Å². The molecule has 0 saturated heterocycles. The molecule has 0 N–H and O–H groups in total. The van der Waals surface area contributed by atoms with E-state index in [1.807, 2.05) is 19.9 Å². The van der Waals surface area contributed by atoms with Crippen molar-refractivity contribution < 1.29 is 9.53 Å². The minimum atomic E-state index is -0.697. The molecule has 0 aromatic carbocycles. The van der Waals surface area contributed by atoms with Gasteiger partial charge in [0.1, 0.15) is 5.92 Å². The molecular weight excluding hydrogens is 190 g/mol. The van der Waals surface area contributed by atoms with Crippen LogP contribution in [0.3, 0.4) is 0 Å². The molecule has 0 aromatic rings. The molecule has 3 nitrogen and oxygen atoms in total. The predicted molar refractivity (Wildman–Crippen MR) is 58.9 cm³/mol. The Kier molecular flexibility index (Phi) is 5.69. The molecule has 0 radical (unpaired) electrons. The second-order valence-corrected chi connectivity index (χ2v) is 4.13. The summed E-state index contributed by atoms with van der Waals surface area (Å²) in [4.78, 5) is 11.5. The zero-order chi connectivity index (χ0) is 11.9. The van der Waals surface area contributed by atoms with Gasteiger partial charge in [-0.15, -0.1) is 6.58 Å². The van der Waals surface area contributed by atoms with E-state index in [9.17, 15) is 4.79 Å². The molecule has 0 rings (SSSR count). The summed E-state index contributed by atoms with van der Waals surface area (Å²) in [6, 6.07) is 2.03. The van der Waals surface area contributed by atoms with E-state index in [1.165, 1.54) is 0 Å². The van der Waals surface area contributed by atoms with Crippen molar-refractivity contribution in [2.75, 3.05) is 6.61 Å². The Morgan fingerprint density at radius 2 is 2.27 bits per heavy atom. The van der Waals surface area contributed by atoms with Gasteiger partial charge in [0.15, 0.2) is 0 Å². The Balaban J connectivity index is 4.57. The van der Waals surface area contributed by atoms with E-state index in [2.05, 4.69) is 6.58 Å². The SMILES string of the molecule is C=CCCC(C)(C)C(C#N)C(=O)OCC. The quantitative estimate of drug-likeness (QED) is 0.499. The Hall–Kier alpha value is -1.30. The maximum absolute atomic E-state index is 11.5. The van der Waals surface area contributed by atoms with Crippen LogP contribution in [0, 0.1) is 22.7 Å². The van der Waals surface area contributed by atoms with Crippen LogP contribution in [0.1, 0.15) is 33.6 Å². The molecule has 0 spiro atoms. The number of esters is 1. The Morgan fingerprint density at radius 1 is 1.67 bits per heavy atom. The van der Waals surface area contributed by atoms with Crippen LogP contribution in [0.25, 0.3) is 0 Å². The van der Waals surface area contributed by atoms with Crippen LogP contribution in [0.5, 0.6) is 0 Å². The number of nitrogens with zero attached hydrogens (tertiary/aromatic N) is 1. The predicted octanol–water partition coefficient (Wildman–Crippen LogP) is 2.68. The van der Waals surface area contributed by atoms with Gasteiger partial charge in [0, 0.05) is 0 Å². The first-order chi connectivity index (χ1) is 6.99. The summed E-state index contributed by atoms with van der Waals surface area (Å²) in [6.07, 6.45) is 3.35. The van der Waals surface area contributed by atoms with Crippen molar-refractivity contribution in [2.45, 2.75) is 33.6 Å². The van der Waals surface area contributed by atoms with Crippen molar-refractivity contribution in [3.05, 3.63) is 12.7 Å². The molecule has 0 aliphatic heterocycles. The molecule has 1 atom stereocenters. The molecule has 0 aliphatic rings. The number of allylic oxidation sites excluding steroid dienone is 1. The number of carbonyl (C=O) groups excluding carboxylic acids is 1. The van der Waals surface area contributed by atoms with Gasteiger partial charge in [-0.3, -0.25) is 4.79 Å². The lowest BCUT2D eigenvalue weighted by molar-refractivity contribution is -0.149. The van der Waals surface area contributed by atoms with Gasteiger partial charge >= 0.3 is 5.97 Å². The molecule has 0 heterocycles. The maximum atomic E-state index is 11.5. The minimum absolute atomic E-state index is 0.314. The zero-order valence-electron chi connectivity index (χ0n) is 9.75. The Morgan fingerprint density at radius 3 is 2.67 bits per heavy atom. The van der Waals surface area contributed by atoms with Crippen LogP contribution in [-0.4, -0.2) is 12.6 Å². The molecule has 0 aromatic heterocycles. The van der Waals surface area contributed by atoms with Gasteiger partial charge in [-0.1, -0.05) is 19.9 Å². The third-order valence-electron chi connectivity index (χ3n) is 2.43. The fourth-order valence-corrected chi connectivity index (χ4v) is 1.39. The van der Waals surface area contributed by atoms with Crippen LogP contribution >= 0.6 is 0 Å². The highest BCUT2D eigenvalue weighted by atomic mass is 16.5. The second kappa shape index (κ2) is 6.23. The van der Waals surface area contributed by atoms with Crippen LogP contribution in [0.15, 0.2) is 12.7 Å². The first-order valence-corrected chi connectivity index (χ1v) is 5.16. The lowest BCUT2D eigenvalue weighted by Crippen LogP contribution is -2.31. The molecule has 0 aliphatic carbocycles. The van der Waals surface area contributed by atoms with Crippen molar-refractivity contribution in [3.8, 4) is 6.07 Å². The van der Waals surface area contributed by atoms with E-state index in [1.54, 1.807) is 13.0 Å². The highest BCUT2D eigenvalue weighted by Crippen LogP contribution is 2.32. The summed E-state index contributed by atoms with van der Waals surface area (Å²) in [6.45, 7) is 9.49. The van der Waals surface area contributed by atoms with E-state index >= 15 is 0 Å². The molecule has 0 bridgehead atoms. The van der Waals surface area contributed by atoms with Crippen LogP contribution in [-0.2, 0) is 9.53 Å². The average molecular weight is 209 g/mol. The van der Waals surface area contributed by atoms with E-state index in [4.69, 9.17) is 10.00 Å². The number of rotatable bonds is 6. The zero-order valence-corrected chi connectivity index (χ0v) is 9.75. The standard InChI is InChI=1S/C12H19NO2/c1-5-7-8-12(3,4)10(9-13)11(14)15-6-2/h5,10H,1,6-8H2,2-4H3. The number of nitriles is 1. The lowest BCUT2D eigenvalue weighted by atomic mass is 9.76. The van der Waals surface area contributed by atoms with Gasteiger partial charge in [0.2, 0.25) is 0 Å². The van der Waals surface area contributed by atoms with Gasteiger partial charge < -0.3 is 4.74 Å². The van der Waals surface area contributed by atoms with Crippen molar-refractivity contribution in [1.82, 2.24) is 0 Å². The Bertz CT molecular complexity index is 263. The van der Waals surface area contributed by atoms with E-state index < -0.39 is 11.9 Å². The third kappa shape index (κ3) is 4.16. The summed E-state index contributed by atoms with van der Waals surface area (Å²) in [5.41, 5.74) is -0.366. The monoisotopic (exact) mass is 209 g/mol. The fourth-order valence-electron chi connectivity index (χ4n) is 1.39. The molecule has 3 heteroatoms. The van der Waals surface area contributed by atoms with Gasteiger partial charge in [0.05, 0.1) is 12.7 Å². The summed E-state index contributed by atoms with van der Waals surface area (Å²) in [5.74, 6) is -1.12. The highest BCUT2D eigenvalue weighted by Gasteiger charge is 2.35. The Labute approximate surface area is 91.7 Å².